The molecule has 1 aromatic heterocycles. The van der Waals surface area contributed by atoms with Crippen LogP contribution < -0.4 is 10.2 Å². The highest BCUT2D eigenvalue weighted by molar-refractivity contribution is 7.80. The summed E-state index contributed by atoms with van der Waals surface area (Å²) in [5.74, 6) is -0.863. The summed E-state index contributed by atoms with van der Waals surface area (Å²) in [6.45, 7) is 5.92. The molecule has 1 fully saturated rings. The van der Waals surface area contributed by atoms with E-state index < -0.39 is 11.8 Å². The fraction of sp³-hybridized carbons (Fsp3) is 0.167. The summed E-state index contributed by atoms with van der Waals surface area (Å²) in [7, 11) is 0. The second kappa shape index (κ2) is 6.30. The zero-order chi connectivity index (χ0) is 17.4. The van der Waals surface area contributed by atoms with Crippen molar-refractivity contribution >= 4 is 52.2 Å². The Morgan fingerprint density at radius 2 is 1.83 bits per heavy atom. The Hall–Kier alpha value is -2.31. The average Bonchev–Trinajstić information content (AvgIpc) is 2.92. The van der Waals surface area contributed by atoms with E-state index in [9.17, 15) is 9.59 Å². The number of rotatable bonds is 2. The number of aryl methyl sites for hydroxylation is 3. The molecule has 1 aromatic carbocycles. The number of nitrogens with zero attached hydrogens (tertiary/aromatic N) is 1. The Labute approximate surface area is 149 Å². The normalized spacial score (nSPS) is 16.7. The van der Waals surface area contributed by atoms with E-state index in [1.54, 1.807) is 6.08 Å². The number of thiocarbonyl (C=S) groups is 1. The summed E-state index contributed by atoms with van der Waals surface area (Å²) in [5.41, 5.74) is 3.95. The van der Waals surface area contributed by atoms with Gasteiger partial charge in [0.15, 0.2) is 5.11 Å². The van der Waals surface area contributed by atoms with Gasteiger partial charge < -0.3 is 0 Å². The lowest BCUT2D eigenvalue weighted by Gasteiger charge is -2.29. The van der Waals surface area contributed by atoms with Crippen molar-refractivity contribution in [3.8, 4) is 0 Å². The first-order chi connectivity index (χ1) is 11.4. The van der Waals surface area contributed by atoms with Gasteiger partial charge in [-0.1, -0.05) is 6.07 Å². The Morgan fingerprint density at radius 3 is 2.46 bits per heavy atom. The third-order valence-electron chi connectivity index (χ3n) is 4.03. The van der Waals surface area contributed by atoms with Gasteiger partial charge in [0.25, 0.3) is 11.8 Å². The van der Waals surface area contributed by atoms with Gasteiger partial charge in [-0.3, -0.25) is 19.8 Å². The topological polar surface area (TPSA) is 49.4 Å². The van der Waals surface area contributed by atoms with E-state index in [1.165, 1.54) is 16.2 Å². The van der Waals surface area contributed by atoms with Crippen LogP contribution in [0.15, 0.2) is 35.2 Å². The fourth-order valence-electron chi connectivity index (χ4n) is 2.42. The number of hydrogen-bond donors (Lipinski definition) is 1. The summed E-state index contributed by atoms with van der Waals surface area (Å²) in [5, 5.41) is 4.64. The number of carbonyl (C=O) groups excluding carboxylic acids is 2. The molecule has 1 aliphatic heterocycles. The monoisotopic (exact) mass is 356 g/mol. The van der Waals surface area contributed by atoms with E-state index in [0.717, 1.165) is 21.6 Å². The van der Waals surface area contributed by atoms with Gasteiger partial charge in [-0.05, 0) is 79.3 Å². The third kappa shape index (κ3) is 2.90. The third-order valence-corrected chi connectivity index (χ3v) is 5.28. The summed E-state index contributed by atoms with van der Waals surface area (Å²) in [6, 6.07) is 7.61. The molecular weight excluding hydrogens is 340 g/mol. The second-order valence-corrected chi connectivity index (χ2v) is 7.03. The maximum Gasteiger partial charge on any atom is 0.270 e. The van der Waals surface area contributed by atoms with E-state index in [4.69, 9.17) is 12.2 Å². The molecule has 0 spiro atoms. The highest BCUT2D eigenvalue weighted by atomic mass is 32.1. The average molecular weight is 356 g/mol. The zero-order valence-corrected chi connectivity index (χ0v) is 15.2. The van der Waals surface area contributed by atoms with Gasteiger partial charge in [0.2, 0.25) is 0 Å². The molecule has 0 bridgehead atoms. The standard InChI is InChI=1S/C18H16N2O2S2/c1-10-4-5-13(8-12(10)3)20-17(22)14(16(21)19-18(20)23)9-15-11(2)6-7-24-15/h4-9H,1-3H3,(H,19,21,23). The van der Waals surface area contributed by atoms with Gasteiger partial charge >= 0.3 is 0 Å². The number of nitrogens with one attached hydrogen (secondary N) is 1. The molecule has 4 nitrogen and oxygen atoms in total. The number of carbonyl (C=O) groups is 2. The Bertz CT molecular complexity index is 896. The molecule has 0 saturated carbocycles. The van der Waals surface area contributed by atoms with Crippen molar-refractivity contribution in [3.05, 3.63) is 56.8 Å². The van der Waals surface area contributed by atoms with Crippen LogP contribution in [0, 0.1) is 20.8 Å². The molecule has 2 aromatic rings. The SMILES string of the molecule is Cc1ccc(N2C(=O)C(=Cc3sccc3C)C(=O)NC2=S)cc1C. The zero-order valence-electron chi connectivity index (χ0n) is 13.5. The summed E-state index contributed by atoms with van der Waals surface area (Å²) >= 11 is 6.70. The highest BCUT2D eigenvalue weighted by Crippen LogP contribution is 2.26. The first-order valence-electron chi connectivity index (χ1n) is 7.41. The molecule has 2 heterocycles. The van der Waals surface area contributed by atoms with Crippen LogP contribution in [-0.4, -0.2) is 16.9 Å². The molecule has 2 amide bonds. The molecule has 24 heavy (non-hydrogen) atoms. The van der Waals surface area contributed by atoms with Crippen molar-refractivity contribution in [2.75, 3.05) is 4.90 Å². The first-order valence-corrected chi connectivity index (χ1v) is 8.70. The molecule has 6 heteroatoms. The van der Waals surface area contributed by atoms with Gasteiger partial charge in [-0.15, -0.1) is 11.3 Å². The predicted octanol–water partition coefficient (Wildman–Crippen LogP) is 3.50. The van der Waals surface area contributed by atoms with Gasteiger partial charge in [-0.25, -0.2) is 0 Å². The quantitative estimate of drug-likeness (QED) is 0.509. The summed E-state index contributed by atoms with van der Waals surface area (Å²) in [6.07, 6.45) is 1.63. The molecule has 0 unspecified atom stereocenters. The van der Waals surface area contributed by atoms with Gasteiger partial charge in [0.05, 0.1) is 5.69 Å². The number of amides is 2. The smallest absolute Gasteiger partial charge is 0.270 e. The van der Waals surface area contributed by atoms with Crippen LogP contribution in [0.5, 0.6) is 0 Å². The number of anilines is 1. The fourth-order valence-corrected chi connectivity index (χ4v) is 3.56. The van der Waals surface area contributed by atoms with Crippen LogP contribution in [0.1, 0.15) is 21.6 Å². The van der Waals surface area contributed by atoms with E-state index in [-0.39, 0.29) is 10.7 Å². The van der Waals surface area contributed by atoms with Crippen molar-refractivity contribution < 1.29 is 9.59 Å². The lowest BCUT2D eigenvalue weighted by atomic mass is 10.1. The Morgan fingerprint density at radius 1 is 1.08 bits per heavy atom. The van der Waals surface area contributed by atoms with E-state index in [2.05, 4.69) is 5.32 Å². The Balaban J connectivity index is 2.04. The summed E-state index contributed by atoms with van der Waals surface area (Å²) in [4.78, 5) is 27.4. The van der Waals surface area contributed by atoms with Crippen LogP contribution in [-0.2, 0) is 9.59 Å². The Kier molecular flexibility index (Phi) is 4.34. The largest absolute Gasteiger partial charge is 0.298 e. The van der Waals surface area contributed by atoms with Crippen LogP contribution in [0.4, 0.5) is 5.69 Å². The highest BCUT2D eigenvalue weighted by Gasteiger charge is 2.34. The van der Waals surface area contributed by atoms with E-state index in [1.807, 2.05) is 50.4 Å². The second-order valence-electron chi connectivity index (χ2n) is 5.69. The molecule has 0 radical (unpaired) electrons. The van der Waals surface area contributed by atoms with E-state index in [0.29, 0.717) is 5.69 Å². The lowest BCUT2D eigenvalue weighted by Crippen LogP contribution is -2.54. The van der Waals surface area contributed by atoms with Gasteiger partial charge in [0.1, 0.15) is 5.57 Å². The van der Waals surface area contributed by atoms with Crippen molar-refractivity contribution in [1.29, 1.82) is 0 Å². The minimum Gasteiger partial charge on any atom is -0.298 e. The summed E-state index contributed by atoms with van der Waals surface area (Å²) < 4.78 is 0. The number of hydrogen-bond acceptors (Lipinski definition) is 4. The van der Waals surface area contributed by atoms with Crippen molar-refractivity contribution in [1.82, 2.24) is 5.32 Å². The lowest BCUT2D eigenvalue weighted by molar-refractivity contribution is -0.122. The minimum absolute atomic E-state index is 0.0902. The molecule has 122 valence electrons. The van der Waals surface area contributed by atoms with Crippen LogP contribution in [0.25, 0.3) is 6.08 Å². The van der Waals surface area contributed by atoms with Crippen LogP contribution >= 0.6 is 23.6 Å². The predicted molar refractivity (Wildman–Crippen MR) is 101 cm³/mol. The molecular formula is C18H16N2O2S2. The van der Waals surface area contributed by atoms with Crippen LogP contribution in [0.3, 0.4) is 0 Å². The number of thiophene rings is 1. The van der Waals surface area contributed by atoms with Crippen molar-refractivity contribution in [3.63, 3.8) is 0 Å². The van der Waals surface area contributed by atoms with Crippen LogP contribution in [0.2, 0.25) is 0 Å². The minimum atomic E-state index is -0.460. The molecule has 0 atom stereocenters. The maximum atomic E-state index is 12.9. The first kappa shape index (κ1) is 16.5. The molecule has 3 rings (SSSR count). The molecule has 0 aliphatic carbocycles. The maximum absolute atomic E-state index is 12.9. The molecule has 1 saturated heterocycles. The van der Waals surface area contributed by atoms with Crippen molar-refractivity contribution in [2.45, 2.75) is 20.8 Å². The molecule has 1 aliphatic rings. The van der Waals surface area contributed by atoms with E-state index >= 15 is 0 Å². The molecule has 1 N–H and O–H groups in total. The number of benzene rings is 1. The van der Waals surface area contributed by atoms with Crippen molar-refractivity contribution in [2.24, 2.45) is 0 Å². The van der Waals surface area contributed by atoms with Gasteiger partial charge in [0, 0.05) is 4.88 Å². The van der Waals surface area contributed by atoms with Gasteiger partial charge in [-0.2, -0.15) is 0 Å².